The van der Waals surface area contributed by atoms with Crippen LogP contribution in [0.3, 0.4) is 0 Å². The molecular weight excluding hydrogens is 348 g/mol. The Morgan fingerprint density at radius 3 is 2.96 bits per heavy atom. The average molecular weight is 372 g/mol. The van der Waals surface area contributed by atoms with Crippen molar-refractivity contribution >= 4 is 17.8 Å². The van der Waals surface area contributed by atoms with Crippen LogP contribution in [0.4, 0.5) is 5.95 Å². The van der Waals surface area contributed by atoms with Crippen LogP contribution in [0.25, 0.3) is 0 Å². The third-order valence-corrected chi connectivity index (χ3v) is 5.23. The summed E-state index contributed by atoms with van der Waals surface area (Å²) >= 11 is 0. The van der Waals surface area contributed by atoms with E-state index in [0.29, 0.717) is 30.7 Å². The summed E-state index contributed by atoms with van der Waals surface area (Å²) in [5.74, 6) is 1.61. The third kappa shape index (κ3) is 3.87. The van der Waals surface area contributed by atoms with Crippen molar-refractivity contribution in [3.8, 4) is 0 Å². The molecule has 144 valence electrons. The van der Waals surface area contributed by atoms with Crippen LogP contribution in [-0.4, -0.2) is 51.1 Å². The van der Waals surface area contributed by atoms with Crippen molar-refractivity contribution in [1.29, 1.82) is 0 Å². The molecule has 0 radical (unpaired) electrons. The van der Waals surface area contributed by atoms with Crippen LogP contribution in [0.15, 0.2) is 22.8 Å². The highest BCUT2D eigenvalue weighted by Crippen LogP contribution is 2.25. The Hall–Kier alpha value is -2.68. The summed E-state index contributed by atoms with van der Waals surface area (Å²) in [6.45, 7) is 2.68. The largest absolute Gasteiger partial charge is 0.467 e. The SMILES string of the molecule is Cn1nc(C2CCNCC2)nc1NC(=O)C1CC(=O)N(Cc2ccco2)C1. The maximum absolute atomic E-state index is 12.6. The fourth-order valence-corrected chi connectivity index (χ4v) is 3.67. The van der Waals surface area contributed by atoms with Gasteiger partial charge >= 0.3 is 0 Å². The molecule has 1 unspecified atom stereocenters. The Bertz CT molecular complexity index is 809. The molecule has 2 amide bonds. The molecule has 4 rings (SSSR count). The van der Waals surface area contributed by atoms with E-state index in [1.54, 1.807) is 29.0 Å². The second-order valence-electron chi connectivity index (χ2n) is 7.19. The van der Waals surface area contributed by atoms with Crippen molar-refractivity contribution in [1.82, 2.24) is 25.0 Å². The van der Waals surface area contributed by atoms with Crippen LogP contribution in [0, 0.1) is 5.92 Å². The standard InChI is InChI=1S/C18H24N6O3/c1-23-18(20-16(22-23)12-4-6-19-7-5-12)21-17(26)13-9-15(25)24(10-13)11-14-3-2-8-27-14/h2-3,8,12-13,19H,4-7,9-11H2,1H3,(H,20,21,22,26). The fraction of sp³-hybridized carbons (Fsp3) is 0.556. The van der Waals surface area contributed by atoms with Gasteiger partial charge in [-0.3, -0.25) is 14.9 Å². The fourth-order valence-electron chi connectivity index (χ4n) is 3.67. The molecule has 1 atom stereocenters. The molecule has 0 aromatic carbocycles. The number of likely N-dealkylation sites (tertiary alicyclic amines) is 1. The number of carbonyl (C=O) groups excluding carboxylic acids is 2. The molecule has 2 saturated heterocycles. The van der Waals surface area contributed by atoms with E-state index in [4.69, 9.17) is 4.42 Å². The average Bonchev–Trinajstić information content (AvgIpc) is 3.39. The van der Waals surface area contributed by atoms with E-state index in [-0.39, 0.29) is 18.2 Å². The molecule has 2 aliphatic heterocycles. The quantitative estimate of drug-likeness (QED) is 0.807. The molecular formula is C18H24N6O3. The molecule has 0 spiro atoms. The van der Waals surface area contributed by atoms with Gasteiger partial charge in [-0.05, 0) is 38.1 Å². The number of amides is 2. The van der Waals surface area contributed by atoms with Gasteiger partial charge in [0.25, 0.3) is 0 Å². The summed E-state index contributed by atoms with van der Waals surface area (Å²) in [5.41, 5.74) is 0. The third-order valence-electron chi connectivity index (χ3n) is 5.23. The number of rotatable bonds is 5. The zero-order valence-corrected chi connectivity index (χ0v) is 15.4. The van der Waals surface area contributed by atoms with Crippen molar-refractivity contribution in [2.24, 2.45) is 13.0 Å². The predicted octanol–water partition coefficient (Wildman–Crippen LogP) is 0.862. The van der Waals surface area contributed by atoms with Crippen LogP contribution < -0.4 is 10.6 Å². The van der Waals surface area contributed by atoms with Gasteiger partial charge < -0.3 is 14.6 Å². The van der Waals surface area contributed by atoms with Crippen LogP contribution >= 0.6 is 0 Å². The summed E-state index contributed by atoms with van der Waals surface area (Å²) in [6, 6.07) is 3.61. The normalized spacial score (nSPS) is 21.0. The van der Waals surface area contributed by atoms with Crippen molar-refractivity contribution in [3.05, 3.63) is 30.0 Å². The molecule has 9 nitrogen and oxygen atoms in total. The number of aryl methyl sites for hydroxylation is 1. The summed E-state index contributed by atoms with van der Waals surface area (Å²) in [7, 11) is 1.77. The number of furan rings is 1. The maximum Gasteiger partial charge on any atom is 0.232 e. The molecule has 27 heavy (non-hydrogen) atoms. The maximum atomic E-state index is 12.6. The van der Waals surface area contributed by atoms with Gasteiger partial charge in [0, 0.05) is 25.9 Å². The van der Waals surface area contributed by atoms with Gasteiger partial charge in [0.2, 0.25) is 17.8 Å². The second kappa shape index (κ2) is 7.51. The van der Waals surface area contributed by atoms with Crippen LogP contribution in [-0.2, 0) is 23.2 Å². The minimum Gasteiger partial charge on any atom is -0.467 e. The Balaban J connectivity index is 1.37. The van der Waals surface area contributed by atoms with Crippen LogP contribution in [0.2, 0.25) is 0 Å². The van der Waals surface area contributed by atoms with Crippen molar-refractivity contribution in [2.75, 3.05) is 25.0 Å². The molecule has 0 aliphatic carbocycles. The van der Waals surface area contributed by atoms with E-state index in [0.717, 1.165) is 31.8 Å². The lowest BCUT2D eigenvalue weighted by atomic mass is 9.98. The van der Waals surface area contributed by atoms with E-state index in [1.807, 2.05) is 6.07 Å². The van der Waals surface area contributed by atoms with E-state index < -0.39 is 5.92 Å². The van der Waals surface area contributed by atoms with Gasteiger partial charge in [-0.2, -0.15) is 10.1 Å². The first-order chi connectivity index (χ1) is 13.1. The Morgan fingerprint density at radius 1 is 1.41 bits per heavy atom. The van der Waals surface area contributed by atoms with Crippen LogP contribution in [0.1, 0.15) is 36.8 Å². The Labute approximate surface area is 157 Å². The highest BCUT2D eigenvalue weighted by Gasteiger charge is 2.35. The number of nitrogens with zero attached hydrogens (tertiary/aromatic N) is 4. The van der Waals surface area contributed by atoms with Gasteiger partial charge in [0.1, 0.15) is 5.76 Å². The van der Waals surface area contributed by atoms with Gasteiger partial charge in [-0.25, -0.2) is 4.68 Å². The topological polar surface area (TPSA) is 105 Å². The van der Waals surface area contributed by atoms with Gasteiger partial charge in [-0.1, -0.05) is 0 Å². The Morgan fingerprint density at radius 2 is 2.22 bits per heavy atom. The number of aromatic nitrogens is 3. The number of anilines is 1. The molecule has 2 aromatic rings. The molecule has 2 fully saturated rings. The van der Waals surface area contributed by atoms with Gasteiger partial charge in [-0.15, -0.1) is 0 Å². The zero-order chi connectivity index (χ0) is 18.8. The lowest BCUT2D eigenvalue weighted by molar-refractivity contribution is -0.128. The Kier molecular flexibility index (Phi) is 4.93. The molecule has 0 bridgehead atoms. The van der Waals surface area contributed by atoms with E-state index in [9.17, 15) is 9.59 Å². The van der Waals surface area contributed by atoms with Gasteiger partial charge in [0.15, 0.2) is 5.82 Å². The smallest absolute Gasteiger partial charge is 0.232 e. The summed E-state index contributed by atoms with van der Waals surface area (Å²) < 4.78 is 6.89. The number of nitrogens with one attached hydrogen (secondary N) is 2. The lowest BCUT2D eigenvalue weighted by Gasteiger charge is -2.19. The summed E-state index contributed by atoms with van der Waals surface area (Å²) in [4.78, 5) is 31.0. The first kappa shape index (κ1) is 17.7. The first-order valence-electron chi connectivity index (χ1n) is 9.33. The summed E-state index contributed by atoms with van der Waals surface area (Å²) in [5, 5.41) is 10.6. The molecule has 2 aromatic heterocycles. The number of carbonyl (C=O) groups is 2. The lowest BCUT2D eigenvalue weighted by Crippen LogP contribution is -2.28. The summed E-state index contributed by atoms with van der Waals surface area (Å²) in [6.07, 6.45) is 3.77. The molecule has 9 heteroatoms. The van der Waals surface area contributed by atoms with E-state index in [2.05, 4.69) is 20.7 Å². The zero-order valence-electron chi connectivity index (χ0n) is 15.4. The number of hydrogen-bond donors (Lipinski definition) is 2. The second-order valence-corrected chi connectivity index (χ2v) is 7.19. The predicted molar refractivity (Wildman–Crippen MR) is 96.7 cm³/mol. The minimum absolute atomic E-state index is 0.0418. The molecule has 2 aliphatic rings. The molecule has 4 heterocycles. The van der Waals surface area contributed by atoms with Crippen LogP contribution in [0.5, 0.6) is 0 Å². The van der Waals surface area contributed by atoms with Crippen molar-refractivity contribution in [3.63, 3.8) is 0 Å². The first-order valence-corrected chi connectivity index (χ1v) is 9.33. The molecule has 0 saturated carbocycles. The van der Waals surface area contributed by atoms with E-state index >= 15 is 0 Å². The monoisotopic (exact) mass is 372 g/mol. The highest BCUT2D eigenvalue weighted by atomic mass is 16.3. The minimum atomic E-state index is -0.397. The van der Waals surface area contributed by atoms with E-state index in [1.165, 1.54) is 0 Å². The number of piperidine rings is 1. The number of hydrogen-bond acceptors (Lipinski definition) is 6. The van der Waals surface area contributed by atoms with Crippen molar-refractivity contribution in [2.45, 2.75) is 31.7 Å². The molecule has 2 N–H and O–H groups in total. The highest BCUT2D eigenvalue weighted by molar-refractivity contribution is 5.96. The van der Waals surface area contributed by atoms with Crippen molar-refractivity contribution < 1.29 is 14.0 Å². The van der Waals surface area contributed by atoms with Gasteiger partial charge in [0.05, 0.1) is 18.7 Å².